The Balaban J connectivity index is 2.04. The number of rotatable bonds is 3. The lowest BCUT2D eigenvalue weighted by Gasteiger charge is -2.34. The number of phenols is 1. The van der Waals surface area contributed by atoms with E-state index in [1.807, 2.05) is 0 Å². The molecule has 154 valence electrons. The first-order chi connectivity index (χ1) is 14.3. The maximum Gasteiger partial charge on any atom is 0.333 e. The van der Waals surface area contributed by atoms with Crippen LogP contribution in [-0.2, 0) is 14.3 Å². The highest BCUT2D eigenvalue weighted by atomic mass is 16.5. The van der Waals surface area contributed by atoms with E-state index in [4.69, 9.17) is 9.47 Å². The minimum absolute atomic E-state index is 0.0114. The van der Waals surface area contributed by atoms with Crippen LogP contribution in [-0.4, -0.2) is 45.9 Å². The molecule has 2 atom stereocenters. The fraction of sp³-hybridized carbons (Fsp3) is 0.273. The zero-order chi connectivity index (χ0) is 21.7. The zero-order valence-electron chi connectivity index (χ0n) is 16.2. The Morgan fingerprint density at radius 3 is 2.40 bits per heavy atom. The summed E-state index contributed by atoms with van der Waals surface area (Å²) >= 11 is 0. The van der Waals surface area contributed by atoms with E-state index in [2.05, 4.69) is 0 Å². The number of carbonyl (C=O) groups is 4. The molecule has 0 amide bonds. The van der Waals surface area contributed by atoms with Crippen molar-refractivity contribution in [3.63, 3.8) is 0 Å². The van der Waals surface area contributed by atoms with Gasteiger partial charge in [-0.1, -0.05) is 31.2 Å². The summed E-state index contributed by atoms with van der Waals surface area (Å²) < 4.78 is 10.9. The van der Waals surface area contributed by atoms with Crippen LogP contribution in [0.3, 0.4) is 0 Å². The number of ether oxygens (including phenoxy) is 2. The molecule has 2 N–H and O–H groups in total. The molecule has 0 spiro atoms. The number of carbonyl (C=O) groups excluding carboxylic acids is 3. The molecule has 2 aromatic carbocycles. The zero-order valence-corrected chi connectivity index (χ0v) is 16.2. The van der Waals surface area contributed by atoms with Crippen LogP contribution in [0.15, 0.2) is 35.4 Å². The molecule has 0 saturated carbocycles. The fourth-order valence-corrected chi connectivity index (χ4v) is 4.11. The van der Waals surface area contributed by atoms with Crippen molar-refractivity contribution in [1.29, 1.82) is 0 Å². The van der Waals surface area contributed by atoms with Gasteiger partial charge in [-0.25, -0.2) is 4.79 Å². The average Bonchev–Trinajstić information content (AvgIpc) is 2.72. The van der Waals surface area contributed by atoms with Gasteiger partial charge in [0.2, 0.25) is 0 Å². The van der Waals surface area contributed by atoms with Crippen LogP contribution in [0, 0.1) is 0 Å². The fourth-order valence-electron chi connectivity index (χ4n) is 4.11. The maximum atomic E-state index is 13.5. The predicted octanol–water partition coefficient (Wildman–Crippen LogP) is 2.80. The van der Waals surface area contributed by atoms with Crippen LogP contribution >= 0.6 is 0 Å². The summed E-state index contributed by atoms with van der Waals surface area (Å²) in [4.78, 5) is 50.1. The molecule has 2 aromatic rings. The third kappa shape index (κ3) is 2.80. The lowest BCUT2D eigenvalue weighted by atomic mass is 9.76. The molecule has 0 aromatic heterocycles. The lowest BCUT2D eigenvalue weighted by molar-refractivity contribution is -0.153. The number of aromatic hydroxyl groups is 1. The second kappa shape index (κ2) is 7.07. The average molecular weight is 410 g/mol. The molecule has 1 aliphatic carbocycles. The SMILES string of the molecule is CCC1OC(C(=O)O)CC2=C1C(=O)c1c(c(O)c3ccccc3c1OC(C)=O)C2=O. The Kier molecular flexibility index (Phi) is 4.66. The van der Waals surface area contributed by atoms with Crippen molar-refractivity contribution in [3.8, 4) is 11.5 Å². The Hall–Kier alpha value is -3.52. The van der Waals surface area contributed by atoms with Crippen molar-refractivity contribution in [2.45, 2.75) is 38.9 Å². The highest BCUT2D eigenvalue weighted by Gasteiger charge is 2.45. The van der Waals surface area contributed by atoms with Gasteiger partial charge in [-0.2, -0.15) is 0 Å². The van der Waals surface area contributed by atoms with Gasteiger partial charge < -0.3 is 19.7 Å². The molecule has 0 saturated heterocycles. The molecule has 0 fully saturated rings. The number of fused-ring (bicyclic) bond motifs is 2. The van der Waals surface area contributed by atoms with Crippen LogP contribution in [0.25, 0.3) is 10.8 Å². The number of phenolic OH excluding ortho intramolecular Hbond substituents is 1. The van der Waals surface area contributed by atoms with E-state index in [0.717, 1.165) is 0 Å². The highest BCUT2D eigenvalue weighted by molar-refractivity contribution is 6.32. The molecule has 8 heteroatoms. The van der Waals surface area contributed by atoms with E-state index in [1.54, 1.807) is 31.2 Å². The van der Waals surface area contributed by atoms with Crippen molar-refractivity contribution in [3.05, 3.63) is 46.5 Å². The van der Waals surface area contributed by atoms with Crippen LogP contribution in [0.1, 0.15) is 47.4 Å². The number of aliphatic carboxylic acids is 1. The third-order valence-electron chi connectivity index (χ3n) is 5.37. The standard InChI is InChI=1S/C22H18O8/c1-3-13-15-12(8-14(30-13)22(27)28)19(25)16-17(20(15)26)21(29-9(2)23)11-7-5-4-6-10(11)18(16)24/h4-7,13-14,24H,3,8H2,1-2H3,(H,27,28). The molecule has 2 unspecified atom stereocenters. The van der Waals surface area contributed by atoms with Gasteiger partial charge in [0.25, 0.3) is 0 Å². The van der Waals surface area contributed by atoms with Gasteiger partial charge >= 0.3 is 11.9 Å². The molecule has 0 bridgehead atoms. The van der Waals surface area contributed by atoms with E-state index in [-0.39, 0.29) is 46.3 Å². The molecule has 30 heavy (non-hydrogen) atoms. The van der Waals surface area contributed by atoms with Crippen LogP contribution in [0.5, 0.6) is 11.5 Å². The topological polar surface area (TPSA) is 127 Å². The number of carboxylic acids is 1. The molecular weight excluding hydrogens is 392 g/mol. The lowest BCUT2D eigenvalue weighted by Crippen LogP contribution is -2.41. The maximum absolute atomic E-state index is 13.5. The number of ketones is 2. The normalized spacial score (nSPS) is 20.7. The summed E-state index contributed by atoms with van der Waals surface area (Å²) in [5, 5.41) is 20.8. The summed E-state index contributed by atoms with van der Waals surface area (Å²) in [5.41, 5.74) is -0.427. The summed E-state index contributed by atoms with van der Waals surface area (Å²) in [6, 6.07) is 6.40. The number of hydrogen-bond acceptors (Lipinski definition) is 7. The van der Waals surface area contributed by atoms with Gasteiger partial charge in [0, 0.05) is 35.3 Å². The molecule has 2 aliphatic rings. The van der Waals surface area contributed by atoms with E-state index in [9.17, 15) is 29.4 Å². The van der Waals surface area contributed by atoms with Gasteiger partial charge in [-0.3, -0.25) is 14.4 Å². The van der Waals surface area contributed by atoms with Gasteiger partial charge in [0.05, 0.1) is 17.2 Å². The summed E-state index contributed by atoms with van der Waals surface area (Å²) in [7, 11) is 0. The second-order valence-corrected chi connectivity index (χ2v) is 7.18. The Bertz CT molecular complexity index is 1170. The Morgan fingerprint density at radius 2 is 1.80 bits per heavy atom. The Morgan fingerprint density at radius 1 is 1.13 bits per heavy atom. The van der Waals surface area contributed by atoms with Crippen LogP contribution < -0.4 is 4.74 Å². The monoisotopic (exact) mass is 410 g/mol. The smallest absolute Gasteiger partial charge is 0.333 e. The molecule has 8 nitrogen and oxygen atoms in total. The van der Waals surface area contributed by atoms with E-state index < -0.39 is 41.5 Å². The molecule has 4 rings (SSSR count). The Labute approximate surface area is 170 Å². The summed E-state index contributed by atoms with van der Waals surface area (Å²) in [6.07, 6.45) is -2.21. The second-order valence-electron chi connectivity index (χ2n) is 7.18. The van der Waals surface area contributed by atoms with Gasteiger partial charge in [0.1, 0.15) is 5.75 Å². The quantitative estimate of drug-likeness (QED) is 0.584. The van der Waals surface area contributed by atoms with Crippen LogP contribution in [0.4, 0.5) is 0 Å². The van der Waals surface area contributed by atoms with Crippen LogP contribution in [0.2, 0.25) is 0 Å². The number of carboxylic acid groups (broad SMARTS) is 1. The minimum Gasteiger partial charge on any atom is -0.506 e. The predicted molar refractivity (Wildman–Crippen MR) is 104 cm³/mol. The van der Waals surface area contributed by atoms with Gasteiger partial charge in [-0.05, 0) is 6.42 Å². The van der Waals surface area contributed by atoms with Crippen molar-refractivity contribution >= 4 is 34.3 Å². The number of Topliss-reactive ketones (excluding diaryl/α,β-unsaturated/α-hetero) is 2. The first kappa shape index (κ1) is 19.8. The summed E-state index contributed by atoms with van der Waals surface area (Å²) in [6.45, 7) is 2.88. The van der Waals surface area contributed by atoms with Crippen molar-refractivity contribution < 1.29 is 38.9 Å². The third-order valence-corrected chi connectivity index (χ3v) is 5.37. The van der Waals surface area contributed by atoms with Crippen molar-refractivity contribution in [1.82, 2.24) is 0 Å². The number of hydrogen-bond donors (Lipinski definition) is 2. The number of esters is 1. The van der Waals surface area contributed by atoms with E-state index >= 15 is 0 Å². The first-order valence-corrected chi connectivity index (χ1v) is 9.43. The highest BCUT2D eigenvalue weighted by Crippen LogP contribution is 2.47. The molecule has 1 aliphatic heterocycles. The molecule has 1 heterocycles. The number of benzene rings is 2. The largest absolute Gasteiger partial charge is 0.506 e. The minimum atomic E-state index is -1.28. The van der Waals surface area contributed by atoms with Crippen molar-refractivity contribution in [2.75, 3.05) is 0 Å². The molecular formula is C22H18O8. The summed E-state index contributed by atoms with van der Waals surface area (Å²) in [5.74, 6) is -3.73. The van der Waals surface area contributed by atoms with E-state index in [1.165, 1.54) is 6.92 Å². The van der Waals surface area contributed by atoms with Gasteiger partial charge in [-0.15, -0.1) is 0 Å². The first-order valence-electron chi connectivity index (χ1n) is 9.43. The van der Waals surface area contributed by atoms with E-state index in [0.29, 0.717) is 5.39 Å². The molecule has 0 radical (unpaired) electrons. The van der Waals surface area contributed by atoms with Gasteiger partial charge in [0.15, 0.2) is 23.4 Å². The van der Waals surface area contributed by atoms with Crippen molar-refractivity contribution in [2.24, 2.45) is 0 Å².